The second-order valence-electron chi connectivity index (χ2n) is 3.45. The number of rotatable bonds is 4. The van der Waals surface area contributed by atoms with E-state index in [4.69, 9.17) is 5.11 Å². The minimum atomic E-state index is -0.560. The van der Waals surface area contributed by atoms with Crippen molar-refractivity contribution in [2.24, 2.45) is 0 Å². The van der Waals surface area contributed by atoms with E-state index >= 15 is 0 Å². The molecule has 1 aromatic rings. The summed E-state index contributed by atoms with van der Waals surface area (Å²) in [4.78, 5) is 11.2. The number of aliphatic hydroxyl groups excluding tert-OH is 1. The van der Waals surface area contributed by atoms with Crippen LogP contribution in [0.25, 0.3) is 0 Å². The first-order valence-electron chi connectivity index (χ1n) is 5.35. The summed E-state index contributed by atoms with van der Waals surface area (Å²) in [6.07, 6.45) is 0.341. The van der Waals surface area contributed by atoms with E-state index in [9.17, 15) is 9.18 Å². The lowest BCUT2D eigenvalue weighted by Gasteiger charge is -2.05. The number of hydrogen-bond acceptors (Lipinski definition) is 3. The van der Waals surface area contributed by atoms with Crippen molar-refractivity contribution in [2.45, 2.75) is 6.42 Å². The first-order chi connectivity index (χ1) is 8.67. The lowest BCUT2D eigenvalue weighted by atomic mass is 10.2. The third-order valence-electron chi connectivity index (χ3n) is 1.99. The molecule has 0 spiro atoms. The number of anilines is 1. The number of amides is 1. The Morgan fingerprint density at radius 2 is 2.33 bits per heavy atom. The molecule has 1 amide bonds. The zero-order valence-electron chi connectivity index (χ0n) is 10.00. The molecule has 0 atom stereocenters. The predicted molar refractivity (Wildman–Crippen MR) is 65.5 cm³/mol. The SMILES string of the molecule is COCC(=O)Nc1ccc(C#CCCO)cc1F. The van der Waals surface area contributed by atoms with Crippen molar-refractivity contribution < 1.29 is 19.0 Å². The van der Waals surface area contributed by atoms with E-state index in [2.05, 4.69) is 21.9 Å². The van der Waals surface area contributed by atoms with Crippen LogP contribution in [0.1, 0.15) is 12.0 Å². The second kappa shape index (κ2) is 7.43. The molecule has 0 saturated heterocycles. The van der Waals surface area contributed by atoms with Crippen molar-refractivity contribution in [1.29, 1.82) is 0 Å². The molecule has 0 aliphatic carbocycles. The average Bonchev–Trinajstić information content (AvgIpc) is 2.33. The molecule has 18 heavy (non-hydrogen) atoms. The smallest absolute Gasteiger partial charge is 0.250 e. The quantitative estimate of drug-likeness (QED) is 0.789. The molecule has 1 rings (SSSR count). The third kappa shape index (κ3) is 4.53. The first kappa shape index (κ1) is 14.2. The summed E-state index contributed by atoms with van der Waals surface area (Å²) in [5.74, 6) is 4.41. The average molecular weight is 251 g/mol. The Morgan fingerprint density at radius 3 is 2.94 bits per heavy atom. The summed E-state index contributed by atoms with van der Waals surface area (Å²) in [6.45, 7) is -0.155. The molecular weight excluding hydrogens is 237 g/mol. The number of methoxy groups -OCH3 is 1. The molecule has 0 aromatic heterocycles. The topological polar surface area (TPSA) is 58.6 Å². The molecule has 1 aromatic carbocycles. The van der Waals surface area contributed by atoms with Crippen LogP contribution in [-0.2, 0) is 9.53 Å². The lowest BCUT2D eigenvalue weighted by molar-refractivity contribution is -0.119. The van der Waals surface area contributed by atoms with Gasteiger partial charge in [0.2, 0.25) is 5.91 Å². The van der Waals surface area contributed by atoms with Gasteiger partial charge >= 0.3 is 0 Å². The maximum atomic E-state index is 13.6. The van der Waals surface area contributed by atoms with Gasteiger partial charge in [0.15, 0.2) is 0 Å². The maximum absolute atomic E-state index is 13.6. The second-order valence-corrected chi connectivity index (χ2v) is 3.45. The van der Waals surface area contributed by atoms with Crippen LogP contribution in [-0.4, -0.2) is 31.3 Å². The first-order valence-corrected chi connectivity index (χ1v) is 5.35. The van der Waals surface area contributed by atoms with Gasteiger partial charge in [-0.3, -0.25) is 4.79 Å². The number of carbonyl (C=O) groups excluding carboxylic acids is 1. The number of hydrogen-bond donors (Lipinski definition) is 2. The molecule has 0 radical (unpaired) electrons. The number of carbonyl (C=O) groups is 1. The van der Waals surface area contributed by atoms with E-state index in [1.807, 2.05) is 0 Å². The monoisotopic (exact) mass is 251 g/mol. The Bertz CT molecular complexity index is 477. The fourth-order valence-corrected chi connectivity index (χ4v) is 1.23. The van der Waals surface area contributed by atoms with Crippen LogP contribution in [0.15, 0.2) is 18.2 Å². The normalized spacial score (nSPS) is 9.50. The zero-order chi connectivity index (χ0) is 13.4. The van der Waals surface area contributed by atoms with E-state index in [0.717, 1.165) is 0 Å². The molecule has 0 aliphatic heterocycles. The Hall–Kier alpha value is -1.90. The number of halogens is 1. The van der Waals surface area contributed by atoms with E-state index < -0.39 is 11.7 Å². The molecule has 96 valence electrons. The van der Waals surface area contributed by atoms with Crippen LogP contribution >= 0.6 is 0 Å². The maximum Gasteiger partial charge on any atom is 0.250 e. The number of benzene rings is 1. The molecular formula is C13H14FNO3. The summed E-state index contributed by atoms with van der Waals surface area (Å²) in [5, 5.41) is 10.9. The molecule has 4 nitrogen and oxygen atoms in total. The number of ether oxygens (including phenoxy) is 1. The van der Waals surface area contributed by atoms with E-state index in [1.54, 1.807) is 6.07 Å². The largest absolute Gasteiger partial charge is 0.395 e. The van der Waals surface area contributed by atoms with Crippen molar-refractivity contribution in [3.05, 3.63) is 29.6 Å². The van der Waals surface area contributed by atoms with Crippen LogP contribution in [0.2, 0.25) is 0 Å². The molecule has 0 saturated carbocycles. The van der Waals surface area contributed by atoms with Gasteiger partial charge < -0.3 is 15.2 Å². The van der Waals surface area contributed by atoms with Crippen LogP contribution in [0.5, 0.6) is 0 Å². The van der Waals surface area contributed by atoms with Gasteiger partial charge in [0.05, 0.1) is 12.3 Å². The van der Waals surface area contributed by atoms with E-state index in [0.29, 0.717) is 12.0 Å². The van der Waals surface area contributed by atoms with E-state index in [1.165, 1.54) is 19.2 Å². The Kier molecular flexibility index (Phi) is 5.85. The van der Waals surface area contributed by atoms with Gasteiger partial charge in [0.25, 0.3) is 0 Å². The van der Waals surface area contributed by atoms with Crippen molar-refractivity contribution in [3.63, 3.8) is 0 Å². The minimum absolute atomic E-state index is 0.0271. The zero-order valence-corrected chi connectivity index (χ0v) is 10.00. The Labute approximate surface area is 105 Å². The Morgan fingerprint density at radius 1 is 1.56 bits per heavy atom. The standard InChI is InChI=1S/C13H14FNO3/c1-18-9-13(17)15-12-6-5-10(8-11(12)14)4-2-3-7-16/h5-6,8,16H,3,7,9H2,1H3,(H,15,17). The van der Waals surface area contributed by atoms with Gasteiger partial charge in [-0.2, -0.15) is 0 Å². The van der Waals surface area contributed by atoms with Crippen LogP contribution in [0.3, 0.4) is 0 Å². The predicted octanol–water partition coefficient (Wildman–Crippen LogP) is 1.14. The molecule has 5 heteroatoms. The van der Waals surface area contributed by atoms with Gasteiger partial charge in [0.1, 0.15) is 12.4 Å². The van der Waals surface area contributed by atoms with Gasteiger partial charge in [-0.1, -0.05) is 11.8 Å². The van der Waals surface area contributed by atoms with Crippen molar-refractivity contribution in [2.75, 3.05) is 25.6 Å². The summed E-state index contributed by atoms with van der Waals surface area (Å²) in [6, 6.07) is 4.26. The number of nitrogens with one attached hydrogen (secondary N) is 1. The third-order valence-corrected chi connectivity index (χ3v) is 1.99. The summed E-state index contributed by atoms with van der Waals surface area (Å²) in [5.41, 5.74) is 0.579. The van der Waals surface area contributed by atoms with Crippen molar-refractivity contribution >= 4 is 11.6 Å². The summed E-state index contributed by atoms with van der Waals surface area (Å²) < 4.78 is 18.2. The van der Waals surface area contributed by atoms with Crippen molar-refractivity contribution in [3.8, 4) is 11.8 Å². The highest BCUT2D eigenvalue weighted by atomic mass is 19.1. The van der Waals surface area contributed by atoms with Crippen LogP contribution < -0.4 is 5.32 Å². The fourth-order valence-electron chi connectivity index (χ4n) is 1.23. The van der Waals surface area contributed by atoms with Crippen LogP contribution in [0.4, 0.5) is 10.1 Å². The summed E-state index contributed by atoms with van der Waals surface area (Å²) >= 11 is 0. The van der Waals surface area contributed by atoms with Crippen LogP contribution in [0, 0.1) is 17.7 Å². The van der Waals surface area contributed by atoms with E-state index in [-0.39, 0.29) is 18.9 Å². The molecule has 0 heterocycles. The fraction of sp³-hybridized carbons (Fsp3) is 0.308. The van der Waals surface area contributed by atoms with Crippen molar-refractivity contribution in [1.82, 2.24) is 0 Å². The molecule has 0 unspecified atom stereocenters. The highest BCUT2D eigenvalue weighted by Gasteiger charge is 2.06. The molecule has 0 aliphatic rings. The highest BCUT2D eigenvalue weighted by Crippen LogP contribution is 2.15. The summed E-state index contributed by atoms with van der Waals surface area (Å²) in [7, 11) is 1.38. The highest BCUT2D eigenvalue weighted by molar-refractivity contribution is 5.91. The van der Waals surface area contributed by atoms with Gasteiger partial charge in [-0.05, 0) is 18.2 Å². The molecule has 0 bridgehead atoms. The van der Waals surface area contributed by atoms with Gasteiger partial charge in [-0.25, -0.2) is 4.39 Å². The molecule has 0 fully saturated rings. The Balaban J connectivity index is 2.74. The van der Waals surface area contributed by atoms with Gasteiger partial charge in [0, 0.05) is 19.1 Å². The lowest BCUT2D eigenvalue weighted by Crippen LogP contribution is -2.17. The van der Waals surface area contributed by atoms with Gasteiger partial charge in [-0.15, -0.1) is 0 Å². The minimum Gasteiger partial charge on any atom is -0.395 e. The molecule has 2 N–H and O–H groups in total. The number of aliphatic hydroxyl groups is 1.